The number of alkyl halides is 2. The summed E-state index contributed by atoms with van der Waals surface area (Å²) in [6.07, 6.45) is -1.60. The predicted octanol–water partition coefficient (Wildman–Crippen LogP) is 4.77. The van der Waals surface area contributed by atoms with E-state index in [9.17, 15) is 23.1 Å². The van der Waals surface area contributed by atoms with Crippen LogP contribution >= 0.6 is 0 Å². The summed E-state index contributed by atoms with van der Waals surface area (Å²) < 4.78 is 41.0. The van der Waals surface area contributed by atoms with Gasteiger partial charge >= 0.3 is 6.09 Å². The van der Waals surface area contributed by atoms with E-state index in [1.54, 1.807) is 33.2 Å². The summed E-state index contributed by atoms with van der Waals surface area (Å²) in [6.45, 7) is 4.52. The van der Waals surface area contributed by atoms with Gasteiger partial charge in [0.25, 0.3) is 6.43 Å². The Hall–Kier alpha value is -3.63. The standard InChI is InChI=1S/C23H25F3N6O2/c1-12(15-5-4-6-16(20(15)24)21(25)26)28-22-17-9-19(27-10-18(17)29-13(2)30-22)32-8-7-14(11-32)31(3)23(33)34/h4-6,9-10,12,14,21H,7-8,11H2,1-3H3,(H,33,34)(H,28,29,30)/t12-,14-/m1/s1. The van der Waals surface area contributed by atoms with Crippen molar-refractivity contribution in [1.29, 1.82) is 0 Å². The number of halogens is 3. The van der Waals surface area contributed by atoms with Gasteiger partial charge in [0.15, 0.2) is 0 Å². The summed E-state index contributed by atoms with van der Waals surface area (Å²) >= 11 is 0. The quantitative estimate of drug-likeness (QED) is 0.531. The molecule has 1 fully saturated rings. The van der Waals surface area contributed by atoms with Crippen molar-refractivity contribution < 1.29 is 23.1 Å². The molecule has 1 aliphatic rings. The van der Waals surface area contributed by atoms with Crippen LogP contribution in [0.25, 0.3) is 10.9 Å². The molecular formula is C23H25F3N6O2. The second-order valence-electron chi connectivity index (χ2n) is 8.38. The maximum Gasteiger partial charge on any atom is 0.407 e. The summed E-state index contributed by atoms with van der Waals surface area (Å²) in [5, 5.41) is 13.0. The van der Waals surface area contributed by atoms with Crippen molar-refractivity contribution in [2.24, 2.45) is 0 Å². The number of rotatable bonds is 6. The first-order valence-corrected chi connectivity index (χ1v) is 10.8. The SMILES string of the molecule is Cc1nc(N[C@H](C)c2cccc(C(F)F)c2F)c2cc(N3CC[C@@H](N(C)C(=O)O)C3)ncc2n1. The Morgan fingerprint density at radius 3 is 2.74 bits per heavy atom. The number of nitrogens with zero attached hydrogens (tertiary/aromatic N) is 5. The lowest BCUT2D eigenvalue weighted by atomic mass is 10.0. The minimum atomic E-state index is -2.91. The highest BCUT2D eigenvalue weighted by Crippen LogP contribution is 2.32. The van der Waals surface area contributed by atoms with Gasteiger partial charge in [0.05, 0.1) is 29.4 Å². The monoisotopic (exact) mass is 474 g/mol. The predicted molar refractivity (Wildman–Crippen MR) is 122 cm³/mol. The van der Waals surface area contributed by atoms with Crippen LogP contribution in [-0.4, -0.2) is 57.2 Å². The van der Waals surface area contributed by atoms with E-state index < -0.39 is 29.9 Å². The third kappa shape index (κ3) is 4.55. The number of amides is 1. The summed E-state index contributed by atoms with van der Waals surface area (Å²) in [6, 6.07) is 4.95. The zero-order valence-electron chi connectivity index (χ0n) is 19.0. The molecular weight excluding hydrogens is 449 g/mol. The van der Waals surface area contributed by atoms with Crippen molar-refractivity contribution in [3.63, 3.8) is 0 Å². The van der Waals surface area contributed by atoms with Crippen LogP contribution in [-0.2, 0) is 0 Å². The highest BCUT2D eigenvalue weighted by atomic mass is 19.3. The van der Waals surface area contributed by atoms with E-state index in [0.29, 0.717) is 47.9 Å². The number of pyridine rings is 1. The second kappa shape index (κ2) is 9.32. The average molecular weight is 474 g/mol. The Kier molecular flexibility index (Phi) is 6.45. The highest BCUT2D eigenvalue weighted by Gasteiger charge is 2.29. The minimum absolute atomic E-state index is 0.107. The number of aromatic nitrogens is 3. The van der Waals surface area contributed by atoms with E-state index in [4.69, 9.17) is 0 Å². The Balaban J connectivity index is 1.65. The topological polar surface area (TPSA) is 94.5 Å². The first-order chi connectivity index (χ1) is 16.2. The summed E-state index contributed by atoms with van der Waals surface area (Å²) in [5.74, 6) is 0.602. The van der Waals surface area contributed by atoms with Gasteiger partial charge in [-0.25, -0.2) is 32.9 Å². The smallest absolute Gasteiger partial charge is 0.407 e. The van der Waals surface area contributed by atoms with E-state index in [1.807, 2.05) is 4.90 Å². The molecule has 3 aromatic rings. The van der Waals surface area contributed by atoms with E-state index in [2.05, 4.69) is 20.3 Å². The third-order valence-electron chi connectivity index (χ3n) is 6.13. The van der Waals surface area contributed by atoms with E-state index in [0.717, 1.165) is 6.07 Å². The average Bonchev–Trinajstić information content (AvgIpc) is 3.28. The molecule has 180 valence electrons. The number of nitrogens with one attached hydrogen (secondary N) is 1. The number of carboxylic acid groups (broad SMARTS) is 1. The lowest BCUT2D eigenvalue weighted by Gasteiger charge is -2.23. The molecule has 1 amide bonds. The van der Waals surface area contributed by atoms with Gasteiger partial charge in [-0.2, -0.15) is 0 Å². The first-order valence-electron chi connectivity index (χ1n) is 10.8. The minimum Gasteiger partial charge on any atom is -0.465 e. The summed E-state index contributed by atoms with van der Waals surface area (Å²) in [5.41, 5.74) is 0.0398. The third-order valence-corrected chi connectivity index (χ3v) is 6.13. The van der Waals surface area contributed by atoms with Crippen LogP contribution in [0.15, 0.2) is 30.5 Å². The Labute approximate surface area is 194 Å². The maximum absolute atomic E-state index is 14.7. The summed E-state index contributed by atoms with van der Waals surface area (Å²) in [4.78, 5) is 27.9. The fourth-order valence-corrected chi connectivity index (χ4v) is 4.20. The molecule has 1 saturated heterocycles. The Bertz CT molecular complexity index is 1220. The fourth-order valence-electron chi connectivity index (χ4n) is 4.20. The number of carbonyl (C=O) groups is 1. The largest absolute Gasteiger partial charge is 0.465 e. The van der Waals surface area contributed by atoms with Crippen LogP contribution in [0.5, 0.6) is 0 Å². The second-order valence-corrected chi connectivity index (χ2v) is 8.38. The molecule has 1 aromatic carbocycles. The summed E-state index contributed by atoms with van der Waals surface area (Å²) in [7, 11) is 1.55. The normalized spacial score (nSPS) is 16.8. The number of hydrogen-bond donors (Lipinski definition) is 2. The van der Waals surface area contributed by atoms with Gasteiger partial charge in [-0.1, -0.05) is 18.2 Å². The van der Waals surface area contributed by atoms with Crippen molar-refractivity contribution in [2.75, 3.05) is 30.4 Å². The molecule has 0 aliphatic carbocycles. The number of anilines is 2. The Morgan fingerprint density at radius 2 is 2.03 bits per heavy atom. The van der Waals surface area contributed by atoms with Crippen LogP contribution < -0.4 is 10.2 Å². The van der Waals surface area contributed by atoms with Crippen LogP contribution in [0.2, 0.25) is 0 Å². The Morgan fingerprint density at radius 1 is 1.29 bits per heavy atom. The molecule has 1 aliphatic heterocycles. The lowest BCUT2D eigenvalue weighted by Crippen LogP contribution is -2.38. The molecule has 8 nitrogen and oxygen atoms in total. The van der Waals surface area contributed by atoms with E-state index in [1.165, 1.54) is 17.0 Å². The number of fused-ring (bicyclic) bond motifs is 1. The van der Waals surface area contributed by atoms with Gasteiger partial charge in [-0.15, -0.1) is 0 Å². The van der Waals surface area contributed by atoms with E-state index in [-0.39, 0.29) is 11.6 Å². The molecule has 2 aromatic heterocycles. The number of aryl methyl sites for hydroxylation is 1. The van der Waals surface area contributed by atoms with Crippen LogP contribution in [0, 0.1) is 12.7 Å². The van der Waals surface area contributed by atoms with Gasteiger partial charge in [-0.05, 0) is 26.3 Å². The van der Waals surface area contributed by atoms with Gasteiger partial charge in [0.2, 0.25) is 0 Å². The van der Waals surface area contributed by atoms with Crippen LogP contribution in [0.3, 0.4) is 0 Å². The van der Waals surface area contributed by atoms with Crippen LogP contribution in [0.1, 0.15) is 42.8 Å². The van der Waals surface area contributed by atoms with Crippen molar-refractivity contribution in [1.82, 2.24) is 19.9 Å². The molecule has 0 unspecified atom stereocenters. The number of likely N-dealkylation sites (N-methyl/N-ethyl adjacent to an activating group) is 1. The molecule has 0 bridgehead atoms. The molecule has 4 rings (SSSR count). The molecule has 0 saturated carbocycles. The lowest BCUT2D eigenvalue weighted by molar-refractivity contribution is 0.142. The van der Waals surface area contributed by atoms with Crippen molar-refractivity contribution in [3.8, 4) is 0 Å². The van der Waals surface area contributed by atoms with Crippen molar-refractivity contribution in [2.45, 2.75) is 38.8 Å². The van der Waals surface area contributed by atoms with Crippen LogP contribution in [0.4, 0.5) is 29.6 Å². The molecule has 2 atom stereocenters. The van der Waals surface area contributed by atoms with Gasteiger partial charge < -0.3 is 20.2 Å². The molecule has 2 N–H and O–H groups in total. The maximum atomic E-state index is 14.7. The fraction of sp³-hybridized carbons (Fsp3) is 0.391. The molecule has 3 heterocycles. The van der Waals surface area contributed by atoms with Crippen molar-refractivity contribution >= 4 is 28.6 Å². The zero-order valence-corrected chi connectivity index (χ0v) is 19.0. The molecule has 34 heavy (non-hydrogen) atoms. The van der Waals surface area contributed by atoms with Gasteiger partial charge in [-0.3, -0.25) is 0 Å². The zero-order chi connectivity index (χ0) is 24.6. The molecule has 0 radical (unpaired) electrons. The molecule has 11 heteroatoms. The molecule has 0 spiro atoms. The van der Waals surface area contributed by atoms with Crippen molar-refractivity contribution in [3.05, 3.63) is 53.2 Å². The highest BCUT2D eigenvalue weighted by molar-refractivity contribution is 5.90. The van der Waals surface area contributed by atoms with Gasteiger partial charge in [0.1, 0.15) is 23.3 Å². The first kappa shape index (κ1) is 23.5. The van der Waals surface area contributed by atoms with E-state index >= 15 is 0 Å². The number of hydrogen-bond acceptors (Lipinski definition) is 6. The number of benzene rings is 1. The van der Waals surface area contributed by atoms with Gasteiger partial charge in [0, 0.05) is 31.1 Å².